The van der Waals surface area contributed by atoms with Gasteiger partial charge in [-0.15, -0.1) is 0 Å². The van der Waals surface area contributed by atoms with Crippen molar-refractivity contribution in [2.45, 2.75) is 20.3 Å². The molecule has 0 aliphatic carbocycles. The molecule has 0 spiro atoms. The van der Waals surface area contributed by atoms with Crippen LogP contribution in [-0.4, -0.2) is 61.7 Å². The third-order valence-electron chi connectivity index (χ3n) is 3.75. The first-order chi connectivity index (χ1) is 12.0. The molecule has 0 aliphatic rings. The highest BCUT2D eigenvalue weighted by molar-refractivity contribution is 14.1. The summed E-state index contributed by atoms with van der Waals surface area (Å²) in [5.41, 5.74) is 0.974. The minimum atomic E-state index is -0.293. The zero-order chi connectivity index (χ0) is 18.8. The topological polar surface area (TPSA) is 90.9 Å². The fourth-order valence-corrected chi connectivity index (χ4v) is 2.87. The van der Waals surface area contributed by atoms with Gasteiger partial charge in [-0.2, -0.15) is 0 Å². The highest BCUT2D eigenvalue weighted by Crippen LogP contribution is 2.28. The van der Waals surface area contributed by atoms with E-state index in [9.17, 15) is 9.59 Å². The monoisotopic (exact) mass is 463 g/mol. The fraction of sp³-hybridized carbons (Fsp3) is 0.529. The van der Waals surface area contributed by atoms with Crippen molar-refractivity contribution in [1.82, 2.24) is 10.2 Å². The van der Waals surface area contributed by atoms with Gasteiger partial charge >= 0.3 is 0 Å². The Hall–Kier alpha value is -1.39. The van der Waals surface area contributed by atoms with Crippen molar-refractivity contribution in [2.75, 3.05) is 45.2 Å². The summed E-state index contributed by atoms with van der Waals surface area (Å²) in [6.07, 6.45) is 0.0198. The van der Waals surface area contributed by atoms with E-state index in [-0.39, 0.29) is 24.8 Å². The van der Waals surface area contributed by atoms with Crippen molar-refractivity contribution >= 4 is 40.1 Å². The number of nitrogens with one attached hydrogen (secondary N) is 2. The lowest BCUT2D eigenvalue weighted by Crippen LogP contribution is -2.35. The number of ether oxygens (including phenoxy) is 1. The zero-order valence-corrected chi connectivity index (χ0v) is 17.1. The molecule has 0 saturated heterocycles. The highest BCUT2D eigenvalue weighted by atomic mass is 127. The number of nitrogens with zero attached hydrogens (tertiary/aromatic N) is 1. The highest BCUT2D eigenvalue weighted by Gasteiger charge is 2.16. The molecule has 0 aliphatic heterocycles. The van der Waals surface area contributed by atoms with Gasteiger partial charge in [-0.1, -0.05) is 13.8 Å². The minimum Gasteiger partial charge on any atom is -0.496 e. The molecule has 25 heavy (non-hydrogen) atoms. The Labute approximate surface area is 162 Å². The predicted octanol–water partition coefficient (Wildman–Crippen LogP) is 1.69. The molecule has 0 aromatic heterocycles. The van der Waals surface area contributed by atoms with Crippen molar-refractivity contribution in [3.05, 3.63) is 21.3 Å². The molecule has 2 amide bonds. The van der Waals surface area contributed by atoms with Crippen LogP contribution in [0.3, 0.4) is 0 Å². The van der Waals surface area contributed by atoms with Crippen LogP contribution in [0.15, 0.2) is 12.1 Å². The van der Waals surface area contributed by atoms with E-state index in [0.717, 1.165) is 23.2 Å². The second kappa shape index (κ2) is 11.3. The maximum atomic E-state index is 12.4. The van der Waals surface area contributed by atoms with Crippen LogP contribution in [0, 0.1) is 3.57 Å². The first-order valence-electron chi connectivity index (χ1n) is 8.25. The number of benzene rings is 1. The van der Waals surface area contributed by atoms with Crippen LogP contribution in [-0.2, 0) is 4.79 Å². The first-order valence-corrected chi connectivity index (χ1v) is 9.33. The van der Waals surface area contributed by atoms with E-state index in [0.29, 0.717) is 23.5 Å². The number of halogens is 1. The number of hydrogen-bond acceptors (Lipinski definition) is 5. The van der Waals surface area contributed by atoms with Gasteiger partial charge in [0.25, 0.3) is 5.91 Å². The molecule has 0 unspecified atom stereocenters. The van der Waals surface area contributed by atoms with E-state index in [4.69, 9.17) is 9.84 Å². The van der Waals surface area contributed by atoms with Gasteiger partial charge in [-0.3, -0.25) is 9.59 Å². The van der Waals surface area contributed by atoms with Crippen LogP contribution in [0.4, 0.5) is 5.69 Å². The summed E-state index contributed by atoms with van der Waals surface area (Å²) in [6.45, 7) is 7.17. The van der Waals surface area contributed by atoms with Crippen molar-refractivity contribution in [1.29, 1.82) is 0 Å². The molecule has 3 N–H and O–H groups in total. The Balaban J connectivity index is 2.83. The van der Waals surface area contributed by atoms with Gasteiger partial charge in [0.05, 0.1) is 31.4 Å². The van der Waals surface area contributed by atoms with Crippen molar-refractivity contribution < 1.29 is 19.4 Å². The summed E-state index contributed by atoms with van der Waals surface area (Å²) in [7, 11) is 1.48. The molecule has 7 nitrogen and oxygen atoms in total. The maximum absolute atomic E-state index is 12.4. The third-order valence-corrected chi connectivity index (χ3v) is 4.65. The van der Waals surface area contributed by atoms with E-state index >= 15 is 0 Å². The van der Waals surface area contributed by atoms with Gasteiger partial charge in [-0.05, 0) is 41.7 Å². The van der Waals surface area contributed by atoms with Gasteiger partial charge in [0.15, 0.2) is 0 Å². The van der Waals surface area contributed by atoms with Crippen LogP contribution < -0.4 is 15.4 Å². The van der Waals surface area contributed by atoms with E-state index < -0.39 is 0 Å². The standard InChI is InChI=1S/C17H26IN3O4/c1-4-21(5-2)8-7-19-17(24)12-10-13(18)14(11-15(12)25-3)20-16(23)6-9-22/h10-11,22H,4-9H2,1-3H3,(H,19,24)(H,20,23). The van der Waals surface area contributed by atoms with E-state index in [1.54, 1.807) is 12.1 Å². The summed E-state index contributed by atoms with van der Waals surface area (Å²) in [4.78, 5) is 26.3. The Bertz CT molecular complexity index is 592. The van der Waals surface area contributed by atoms with Gasteiger partial charge in [0.1, 0.15) is 5.75 Å². The van der Waals surface area contributed by atoms with Crippen LogP contribution in [0.1, 0.15) is 30.6 Å². The predicted molar refractivity (Wildman–Crippen MR) is 106 cm³/mol. The summed E-state index contributed by atoms with van der Waals surface area (Å²) in [5.74, 6) is -0.117. The second-order valence-corrected chi connectivity index (χ2v) is 6.50. The summed E-state index contributed by atoms with van der Waals surface area (Å²) >= 11 is 2.05. The normalized spacial score (nSPS) is 10.6. The van der Waals surface area contributed by atoms with E-state index in [1.807, 2.05) is 0 Å². The number of amides is 2. The average Bonchev–Trinajstić information content (AvgIpc) is 2.60. The molecule has 0 saturated carbocycles. The van der Waals surface area contributed by atoms with Crippen molar-refractivity contribution in [2.24, 2.45) is 0 Å². The number of likely N-dealkylation sites (N-methyl/N-ethyl adjacent to an activating group) is 1. The van der Waals surface area contributed by atoms with Crippen molar-refractivity contribution in [3.63, 3.8) is 0 Å². The van der Waals surface area contributed by atoms with Crippen LogP contribution in [0.5, 0.6) is 5.75 Å². The lowest BCUT2D eigenvalue weighted by atomic mass is 10.1. The molecule has 0 radical (unpaired) electrons. The molecule has 1 rings (SSSR count). The van der Waals surface area contributed by atoms with E-state index in [2.05, 4.69) is 52.0 Å². The zero-order valence-electron chi connectivity index (χ0n) is 14.9. The number of carbonyl (C=O) groups is 2. The lowest BCUT2D eigenvalue weighted by Gasteiger charge is -2.18. The molecule has 1 aromatic carbocycles. The Morgan fingerprint density at radius 2 is 1.96 bits per heavy atom. The van der Waals surface area contributed by atoms with Gasteiger partial charge in [-0.25, -0.2) is 0 Å². The van der Waals surface area contributed by atoms with Gasteiger partial charge in [0, 0.05) is 22.7 Å². The molecule has 0 atom stereocenters. The second-order valence-electron chi connectivity index (χ2n) is 5.34. The van der Waals surface area contributed by atoms with Crippen LogP contribution in [0.2, 0.25) is 0 Å². The summed E-state index contributed by atoms with van der Waals surface area (Å²) < 4.78 is 6.02. The van der Waals surface area contributed by atoms with E-state index in [1.165, 1.54) is 7.11 Å². The van der Waals surface area contributed by atoms with Crippen molar-refractivity contribution in [3.8, 4) is 5.75 Å². The molecule has 8 heteroatoms. The molecule has 1 aromatic rings. The Morgan fingerprint density at radius 1 is 1.28 bits per heavy atom. The summed E-state index contributed by atoms with van der Waals surface area (Å²) in [5, 5.41) is 14.4. The van der Waals surface area contributed by atoms with Gasteiger partial charge in [0.2, 0.25) is 5.91 Å². The smallest absolute Gasteiger partial charge is 0.255 e. The van der Waals surface area contributed by atoms with Gasteiger partial charge < -0.3 is 25.4 Å². The Morgan fingerprint density at radius 3 is 2.52 bits per heavy atom. The summed E-state index contributed by atoms with van der Waals surface area (Å²) in [6, 6.07) is 3.30. The molecule has 0 bridgehead atoms. The molecule has 140 valence electrons. The number of carbonyl (C=O) groups excluding carboxylic acids is 2. The molecule has 0 fully saturated rings. The number of aliphatic hydroxyl groups is 1. The fourth-order valence-electron chi connectivity index (χ4n) is 2.27. The number of aliphatic hydroxyl groups excluding tert-OH is 1. The lowest BCUT2D eigenvalue weighted by molar-refractivity contribution is -0.116. The maximum Gasteiger partial charge on any atom is 0.255 e. The average molecular weight is 463 g/mol. The minimum absolute atomic E-state index is 0.0198. The first kappa shape index (κ1) is 21.7. The number of anilines is 1. The molecular weight excluding hydrogens is 437 g/mol. The number of methoxy groups -OCH3 is 1. The number of rotatable bonds is 10. The van der Waals surface area contributed by atoms with Crippen LogP contribution >= 0.6 is 22.6 Å². The quantitative estimate of drug-likeness (QED) is 0.460. The molecule has 0 heterocycles. The molecular formula is C17H26IN3O4. The number of hydrogen-bond donors (Lipinski definition) is 3. The SMILES string of the molecule is CCN(CC)CCNC(=O)c1cc(I)c(NC(=O)CCO)cc1OC. The largest absolute Gasteiger partial charge is 0.496 e. The Kier molecular flexibility index (Phi) is 9.76. The van der Waals surface area contributed by atoms with Crippen LogP contribution in [0.25, 0.3) is 0 Å². The third kappa shape index (κ3) is 6.79.